The number of likely N-dealkylation sites (N-methyl/N-ethyl adjacent to an activating group) is 1. The highest BCUT2D eigenvalue weighted by molar-refractivity contribution is 7.91. The third kappa shape index (κ3) is 4.56. The summed E-state index contributed by atoms with van der Waals surface area (Å²) in [6.07, 6.45) is 2.55. The lowest BCUT2D eigenvalue weighted by Crippen LogP contribution is -2.37. The van der Waals surface area contributed by atoms with Crippen LogP contribution in [0.5, 0.6) is 0 Å². The molecular weight excluding hydrogens is 262 g/mol. The average molecular weight is 283 g/mol. The van der Waals surface area contributed by atoms with E-state index in [1.165, 1.54) is 0 Å². The Morgan fingerprint density at radius 3 is 2.95 bits per heavy atom. The summed E-state index contributed by atoms with van der Waals surface area (Å²) in [5, 5.41) is 3.32. The monoisotopic (exact) mass is 283 g/mol. The first kappa shape index (κ1) is 14.4. The molecule has 1 fully saturated rings. The normalized spacial score (nSPS) is 21.9. The number of rotatable bonds is 6. The van der Waals surface area contributed by atoms with E-state index in [4.69, 9.17) is 0 Å². The van der Waals surface area contributed by atoms with Gasteiger partial charge in [-0.05, 0) is 25.6 Å². The molecule has 2 rings (SSSR count). The minimum Gasteiger partial charge on any atom is -0.310 e. The predicted octanol–water partition coefficient (Wildman–Crippen LogP) is 0.290. The second kappa shape index (κ2) is 6.45. The molecule has 1 aromatic heterocycles. The fraction of sp³-hybridized carbons (Fsp3) is 0.615. The van der Waals surface area contributed by atoms with Gasteiger partial charge in [-0.25, -0.2) is 8.42 Å². The van der Waals surface area contributed by atoms with Crippen molar-refractivity contribution in [1.29, 1.82) is 0 Å². The molecule has 1 N–H and O–H groups in total. The van der Waals surface area contributed by atoms with Crippen molar-refractivity contribution in [1.82, 2.24) is 15.2 Å². The van der Waals surface area contributed by atoms with Crippen LogP contribution in [0.3, 0.4) is 0 Å². The fourth-order valence-electron chi connectivity index (χ4n) is 2.28. The van der Waals surface area contributed by atoms with E-state index < -0.39 is 9.84 Å². The molecule has 0 amide bonds. The summed E-state index contributed by atoms with van der Waals surface area (Å²) in [4.78, 5) is 6.37. The lowest BCUT2D eigenvalue weighted by atomic mass is 10.2. The largest absolute Gasteiger partial charge is 0.310 e. The molecule has 0 bridgehead atoms. The van der Waals surface area contributed by atoms with E-state index in [9.17, 15) is 8.42 Å². The maximum atomic E-state index is 11.4. The first-order valence-electron chi connectivity index (χ1n) is 6.58. The molecule has 0 saturated carbocycles. The maximum absolute atomic E-state index is 11.4. The summed E-state index contributed by atoms with van der Waals surface area (Å²) in [5.74, 6) is 0.646. The van der Waals surface area contributed by atoms with Crippen molar-refractivity contribution >= 4 is 9.84 Å². The molecule has 0 aromatic carbocycles. The first-order valence-corrected chi connectivity index (χ1v) is 8.40. The van der Waals surface area contributed by atoms with Crippen molar-refractivity contribution < 1.29 is 8.42 Å². The Morgan fingerprint density at radius 2 is 2.32 bits per heavy atom. The zero-order valence-corrected chi connectivity index (χ0v) is 12.1. The van der Waals surface area contributed by atoms with E-state index in [1.54, 1.807) is 6.20 Å². The zero-order valence-electron chi connectivity index (χ0n) is 11.2. The molecule has 19 heavy (non-hydrogen) atoms. The Morgan fingerprint density at radius 1 is 1.47 bits per heavy atom. The van der Waals surface area contributed by atoms with Gasteiger partial charge in [0.15, 0.2) is 9.84 Å². The number of nitrogens with zero attached hydrogens (tertiary/aromatic N) is 2. The van der Waals surface area contributed by atoms with E-state index in [-0.39, 0.29) is 6.04 Å². The molecule has 106 valence electrons. The van der Waals surface area contributed by atoms with Crippen LogP contribution < -0.4 is 5.32 Å². The molecule has 0 aliphatic carbocycles. The predicted molar refractivity (Wildman–Crippen MR) is 75.6 cm³/mol. The maximum Gasteiger partial charge on any atom is 0.151 e. The average Bonchev–Trinajstić information content (AvgIpc) is 2.76. The standard InChI is InChI=1S/C13H21N3O2S/c1-16(13-5-9-19(17,18)11-13)8-7-14-10-12-4-2-3-6-15-12/h2-4,6,13-14H,5,7-11H2,1H3. The Bertz CT molecular complexity index is 490. The first-order chi connectivity index (χ1) is 9.07. The van der Waals surface area contributed by atoms with Crippen LogP contribution in [0.15, 0.2) is 24.4 Å². The summed E-state index contributed by atoms with van der Waals surface area (Å²) in [7, 11) is -0.792. The lowest BCUT2D eigenvalue weighted by Gasteiger charge is -2.22. The summed E-state index contributed by atoms with van der Waals surface area (Å²) in [6, 6.07) is 6.04. The van der Waals surface area contributed by atoms with E-state index in [0.29, 0.717) is 11.5 Å². The molecule has 1 aromatic rings. The summed E-state index contributed by atoms with van der Waals surface area (Å²) in [5.41, 5.74) is 1.02. The highest BCUT2D eigenvalue weighted by atomic mass is 32.2. The topological polar surface area (TPSA) is 62.3 Å². The van der Waals surface area contributed by atoms with Gasteiger partial charge in [-0.15, -0.1) is 0 Å². The Labute approximate surface area is 114 Å². The Kier molecular flexibility index (Phi) is 4.90. The quantitative estimate of drug-likeness (QED) is 0.760. The summed E-state index contributed by atoms with van der Waals surface area (Å²) < 4.78 is 22.8. The molecule has 1 aliphatic rings. The van der Waals surface area contributed by atoms with E-state index in [0.717, 1.165) is 31.7 Å². The molecule has 1 unspecified atom stereocenters. The van der Waals surface area contributed by atoms with Gasteiger partial charge in [0.05, 0.1) is 17.2 Å². The van der Waals surface area contributed by atoms with E-state index in [1.807, 2.05) is 25.2 Å². The third-order valence-corrected chi connectivity index (χ3v) is 5.26. The smallest absolute Gasteiger partial charge is 0.151 e. The van der Waals surface area contributed by atoms with Crippen molar-refractivity contribution in [3.05, 3.63) is 30.1 Å². The number of hydrogen-bond acceptors (Lipinski definition) is 5. The van der Waals surface area contributed by atoms with Crippen LogP contribution in [0.2, 0.25) is 0 Å². The van der Waals surface area contributed by atoms with Crippen molar-refractivity contribution in [3.8, 4) is 0 Å². The van der Waals surface area contributed by atoms with Gasteiger partial charge in [0.25, 0.3) is 0 Å². The van der Waals surface area contributed by atoms with Crippen molar-refractivity contribution in [3.63, 3.8) is 0 Å². The Hall–Kier alpha value is -0.980. The fourth-order valence-corrected chi connectivity index (χ4v) is 4.09. The minimum atomic E-state index is -2.79. The zero-order chi connectivity index (χ0) is 13.7. The number of aromatic nitrogens is 1. The molecule has 5 nitrogen and oxygen atoms in total. The number of nitrogens with one attached hydrogen (secondary N) is 1. The second-order valence-electron chi connectivity index (χ2n) is 5.04. The van der Waals surface area contributed by atoms with Crippen LogP contribution >= 0.6 is 0 Å². The number of hydrogen-bond donors (Lipinski definition) is 1. The minimum absolute atomic E-state index is 0.182. The molecule has 1 saturated heterocycles. The molecule has 1 atom stereocenters. The van der Waals surface area contributed by atoms with Crippen LogP contribution in [0.25, 0.3) is 0 Å². The van der Waals surface area contributed by atoms with Gasteiger partial charge >= 0.3 is 0 Å². The molecule has 0 radical (unpaired) electrons. The van der Waals surface area contributed by atoms with Crippen LogP contribution in [0.4, 0.5) is 0 Å². The molecule has 0 spiro atoms. The second-order valence-corrected chi connectivity index (χ2v) is 7.26. The van der Waals surface area contributed by atoms with E-state index >= 15 is 0 Å². The van der Waals surface area contributed by atoms with Crippen molar-refractivity contribution in [2.75, 3.05) is 31.6 Å². The van der Waals surface area contributed by atoms with E-state index in [2.05, 4.69) is 15.2 Å². The third-order valence-electron chi connectivity index (χ3n) is 3.51. The highest BCUT2D eigenvalue weighted by Gasteiger charge is 2.30. The molecule has 6 heteroatoms. The molecule has 2 heterocycles. The highest BCUT2D eigenvalue weighted by Crippen LogP contribution is 2.15. The molecular formula is C13H21N3O2S. The van der Waals surface area contributed by atoms with Crippen molar-refractivity contribution in [2.45, 2.75) is 19.0 Å². The Balaban J connectivity index is 1.66. The van der Waals surface area contributed by atoms with Gasteiger partial charge in [-0.1, -0.05) is 6.07 Å². The van der Waals surface area contributed by atoms with Crippen LogP contribution in [-0.2, 0) is 16.4 Å². The van der Waals surface area contributed by atoms with Gasteiger partial charge < -0.3 is 10.2 Å². The summed E-state index contributed by atoms with van der Waals surface area (Å²) in [6.45, 7) is 2.44. The number of sulfone groups is 1. The van der Waals surface area contributed by atoms with Crippen LogP contribution in [-0.4, -0.2) is 56.0 Å². The van der Waals surface area contributed by atoms with Gasteiger partial charge in [-0.3, -0.25) is 4.98 Å². The van der Waals surface area contributed by atoms with Gasteiger partial charge in [0, 0.05) is 31.9 Å². The van der Waals surface area contributed by atoms with Gasteiger partial charge in [0.1, 0.15) is 0 Å². The SMILES string of the molecule is CN(CCNCc1ccccn1)C1CCS(=O)(=O)C1. The lowest BCUT2D eigenvalue weighted by molar-refractivity contribution is 0.261. The van der Waals surface area contributed by atoms with Crippen LogP contribution in [0, 0.1) is 0 Å². The van der Waals surface area contributed by atoms with Gasteiger partial charge in [-0.2, -0.15) is 0 Å². The number of pyridine rings is 1. The summed E-state index contributed by atoms with van der Waals surface area (Å²) >= 11 is 0. The van der Waals surface area contributed by atoms with Crippen LogP contribution in [0.1, 0.15) is 12.1 Å². The van der Waals surface area contributed by atoms with Gasteiger partial charge in [0.2, 0.25) is 0 Å². The van der Waals surface area contributed by atoms with Crippen molar-refractivity contribution in [2.24, 2.45) is 0 Å². The molecule has 1 aliphatic heterocycles.